The number of ether oxygens (including phenoxy) is 1. The molecule has 0 aliphatic heterocycles. The molecule has 0 saturated heterocycles. The molecule has 1 saturated carbocycles. The molecule has 0 aromatic heterocycles. The van der Waals surface area contributed by atoms with Gasteiger partial charge in [-0.1, -0.05) is 57.5 Å². The van der Waals surface area contributed by atoms with Gasteiger partial charge in [-0.3, -0.25) is 4.79 Å². The van der Waals surface area contributed by atoms with Crippen molar-refractivity contribution in [3.05, 3.63) is 65.7 Å². The lowest BCUT2D eigenvalue weighted by Crippen LogP contribution is -2.36. The zero-order chi connectivity index (χ0) is 23.3. The Bertz CT molecular complexity index is 865. The summed E-state index contributed by atoms with van der Waals surface area (Å²) in [7, 11) is 0. The van der Waals surface area contributed by atoms with Crippen molar-refractivity contribution in [2.75, 3.05) is 5.32 Å². The molecule has 0 heterocycles. The van der Waals surface area contributed by atoms with Crippen LogP contribution in [0.25, 0.3) is 0 Å². The largest absolute Gasteiger partial charge is 0.462 e. The highest BCUT2D eigenvalue weighted by atomic mass is 19.4. The number of rotatable bonds is 7. The van der Waals surface area contributed by atoms with Crippen LogP contribution in [-0.2, 0) is 15.7 Å². The van der Waals surface area contributed by atoms with Crippen LogP contribution in [0.1, 0.15) is 63.6 Å². The molecule has 0 spiro atoms. The summed E-state index contributed by atoms with van der Waals surface area (Å²) >= 11 is 0. The van der Waals surface area contributed by atoms with E-state index in [1.165, 1.54) is 12.1 Å². The Kier molecular flexibility index (Phi) is 7.86. The van der Waals surface area contributed by atoms with Gasteiger partial charge in [-0.05, 0) is 60.4 Å². The Balaban J connectivity index is 1.73. The van der Waals surface area contributed by atoms with E-state index >= 15 is 0 Å². The van der Waals surface area contributed by atoms with Gasteiger partial charge in [0.25, 0.3) is 0 Å². The van der Waals surface area contributed by atoms with Crippen molar-refractivity contribution in [3.63, 3.8) is 0 Å². The van der Waals surface area contributed by atoms with Crippen LogP contribution in [0.4, 0.5) is 18.9 Å². The topological polar surface area (TPSA) is 38.3 Å². The summed E-state index contributed by atoms with van der Waals surface area (Å²) in [6, 6.07) is 13.9. The molecule has 1 fully saturated rings. The van der Waals surface area contributed by atoms with Gasteiger partial charge in [0.05, 0.1) is 18.0 Å². The lowest BCUT2D eigenvalue weighted by Gasteiger charge is -2.37. The van der Waals surface area contributed by atoms with Gasteiger partial charge in [0.15, 0.2) is 0 Å². The standard InChI is InChI=1S/C26H32F3NO2/c1-17(2)22-14-9-18(3)15-24(22)32-25(31)16-23(19-7-5-4-6-8-19)30-21-12-10-20(11-13-21)26(27,28)29/h4-8,10-13,17-18,22-24,30H,9,14-16H2,1-3H3/t18-,22+,23-,24-/m1/s1. The smallest absolute Gasteiger partial charge is 0.416 e. The van der Waals surface area contributed by atoms with E-state index in [-0.39, 0.29) is 18.5 Å². The Morgan fingerprint density at radius 2 is 1.72 bits per heavy atom. The fourth-order valence-corrected chi connectivity index (χ4v) is 4.53. The molecule has 0 radical (unpaired) electrons. The van der Waals surface area contributed by atoms with Gasteiger partial charge in [0, 0.05) is 5.69 Å². The van der Waals surface area contributed by atoms with Crippen molar-refractivity contribution in [2.45, 2.75) is 64.8 Å². The predicted octanol–water partition coefficient (Wildman–Crippen LogP) is 7.25. The van der Waals surface area contributed by atoms with Gasteiger partial charge in [0.1, 0.15) is 6.10 Å². The number of esters is 1. The third kappa shape index (κ3) is 6.50. The van der Waals surface area contributed by atoms with E-state index in [1.54, 1.807) is 0 Å². The van der Waals surface area contributed by atoms with Crippen LogP contribution in [0.15, 0.2) is 54.6 Å². The molecule has 0 amide bonds. The van der Waals surface area contributed by atoms with E-state index in [0.29, 0.717) is 23.4 Å². The second kappa shape index (κ2) is 10.4. The molecule has 1 N–H and O–H groups in total. The molecule has 32 heavy (non-hydrogen) atoms. The quantitative estimate of drug-likeness (QED) is 0.454. The maximum Gasteiger partial charge on any atom is 0.416 e. The van der Waals surface area contributed by atoms with Crippen molar-refractivity contribution < 1.29 is 22.7 Å². The fourth-order valence-electron chi connectivity index (χ4n) is 4.53. The summed E-state index contributed by atoms with van der Waals surface area (Å²) in [5.41, 5.74) is 0.692. The predicted molar refractivity (Wildman–Crippen MR) is 120 cm³/mol. The molecule has 4 atom stereocenters. The highest BCUT2D eigenvalue weighted by Crippen LogP contribution is 2.36. The molecule has 1 aliphatic rings. The third-order valence-electron chi connectivity index (χ3n) is 6.37. The molecule has 2 aromatic carbocycles. The molecule has 6 heteroatoms. The van der Waals surface area contributed by atoms with Crippen LogP contribution in [0.2, 0.25) is 0 Å². The average molecular weight is 448 g/mol. The van der Waals surface area contributed by atoms with Crippen molar-refractivity contribution >= 4 is 11.7 Å². The number of carbonyl (C=O) groups is 1. The second-order valence-electron chi connectivity index (χ2n) is 9.24. The molecule has 3 nitrogen and oxygen atoms in total. The first-order chi connectivity index (χ1) is 15.1. The lowest BCUT2D eigenvalue weighted by atomic mass is 9.75. The first kappa shape index (κ1) is 24.1. The van der Waals surface area contributed by atoms with Gasteiger partial charge in [0.2, 0.25) is 0 Å². The third-order valence-corrected chi connectivity index (χ3v) is 6.37. The van der Waals surface area contributed by atoms with Gasteiger partial charge in [-0.2, -0.15) is 13.2 Å². The van der Waals surface area contributed by atoms with E-state index < -0.39 is 17.8 Å². The van der Waals surface area contributed by atoms with Gasteiger partial charge >= 0.3 is 12.1 Å². The Hall–Kier alpha value is -2.50. The number of nitrogens with one attached hydrogen (secondary N) is 1. The molecule has 0 bridgehead atoms. The van der Waals surface area contributed by atoms with Crippen LogP contribution in [0.3, 0.4) is 0 Å². The zero-order valence-electron chi connectivity index (χ0n) is 18.9. The first-order valence-electron chi connectivity index (χ1n) is 11.3. The zero-order valence-corrected chi connectivity index (χ0v) is 18.9. The van der Waals surface area contributed by atoms with E-state index in [0.717, 1.165) is 37.0 Å². The van der Waals surface area contributed by atoms with E-state index in [9.17, 15) is 18.0 Å². The number of hydrogen-bond acceptors (Lipinski definition) is 3. The van der Waals surface area contributed by atoms with E-state index in [2.05, 4.69) is 26.1 Å². The van der Waals surface area contributed by atoms with Crippen molar-refractivity contribution in [2.24, 2.45) is 17.8 Å². The van der Waals surface area contributed by atoms with Crippen LogP contribution < -0.4 is 5.32 Å². The van der Waals surface area contributed by atoms with E-state index in [4.69, 9.17) is 4.74 Å². The van der Waals surface area contributed by atoms with Crippen molar-refractivity contribution in [1.82, 2.24) is 0 Å². The fraction of sp³-hybridized carbons (Fsp3) is 0.500. The Labute approximate surface area is 188 Å². The normalized spacial score (nSPS) is 22.4. The number of halogens is 3. The Morgan fingerprint density at radius 3 is 2.31 bits per heavy atom. The molecule has 174 valence electrons. The number of anilines is 1. The number of carbonyl (C=O) groups excluding carboxylic acids is 1. The highest BCUT2D eigenvalue weighted by Gasteiger charge is 2.34. The lowest BCUT2D eigenvalue weighted by molar-refractivity contribution is -0.156. The van der Waals surface area contributed by atoms with Crippen LogP contribution in [-0.4, -0.2) is 12.1 Å². The minimum Gasteiger partial charge on any atom is -0.462 e. The summed E-state index contributed by atoms with van der Waals surface area (Å²) in [5.74, 6) is 1.03. The molecular formula is C26H32F3NO2. The minimum absolute atomic E-state index is 0.0891. The van der Waals surface area contributed by atoms with Crippen molar-refractivity contribution in [3.8, 4) is 0 Å². The average Bonchev–Trinajstić information content (AvgIpc) is 2.73. The van der Waals surface area contributed by atoms with Crippen molar-refractivity contribution in [1.29, 1.82) is 0 Å². The molecule has 2 aromatic rings. The first-order valence-corrected chi connectivity index (χ1v) is 11.3. The maximum atomic E-state index is 12.9. The Morgan fingerprint density at radius 1 is 1.06 bits per heavy atom. The monoisotopic (exact) mass is 447 g/mol. The molecule has 1 aliphatic carbocycles. The molecule has 3 rings (SSSR count). The summed E-state index contributed by atoms with van der Waals surface area (Å²) in [5, 5.41) is 3.22. The maximum absolute atomic E-state index is 12.9. The van der Waals surface area contributed by atoms with Gasteiger partial charge in [-0.15, -0.1) is 0 Å². The van der Waals surface area contributed by atoms with Crippen LogP contribution in [0, 0.1) is 17.8 Å². The summed E-state index contributed by atoms with van der Waals surface area (Å²) in [6.45, 7) is 6.52. The van der Waals surface area contributed by atoms with Gasteiger partial charge < -0.3 is 10.1 Å². The van der Waals surface area contributed by atoms with Gasteiger partial charge in [-0.25, -0.2) is 0 Å². The number of hydrogen-bond donors (Lipinski definition) is 1. The highest BCUT2D eigenvalue weighted by molar-refractivity contribution is 5.71. The second-order valence-corrected chi connectivity index (χ2v) is 9.24. The molecule has 0 unspecified atom stereocenters. The summed E-state index contributed by atoms with van der Waals surface area (Å²) < 4.78 is 44.6. The number of benzene rings is 2. The summed E-state index contributed by atoms with van der Waals surface area (Å²) in [4.78, 5) is 12.9. The van der Waals surface area contributed by atoms with Crippen LogP contribution >= 0.6 is 0 Å². The van der Waals surface area contributed by atoms with Crippen LogP contribution in [0.5, 0.6) is 0 Å². The molecular weight excluding hydrogens is 415 g/mol. The number of alkyl halides is 3. The minimum atomic E-state index is -4.38. The van der Waals surface area contributed by atoms with E-state index in [1.807, 2.05) is 30.3 Å². The summed E-state index contributed by atoms with van der Waals surface area (Å²) in [6.07, 6.45) is -1.29. The SMILES string of the molecule is CC(C)[C@@H]1CC[C@@H](C)C[C@H]1OC(=O)C[C@@H](Nc1ccc(C(F)(F)F)cc1)c1ccccc1.